The van der Waals surface area contributed by atoms with Crippen molar-refractivity contribution in [3.63, 3.8) is 0 Å². The van der Waals surface area contributed by atoms with Crippen molar-refractivity contribution in [1.29, 1.82) is 0 Å². The van der Waals surface area contributed by atoms with Gasteiger partial charge in [0.2, 0.25) is 0 Å². The van der Waals surface area contributed by atoms with Gasteiger partial charge in [0, 0.05) is 6.54 Å². The second-order valence-corrected chi connectivity index (χ2v) is 7.47. The Labute approximate surface area is 116 Å². The summed E-state index contributed by atoms with van der Waals surface area (Å²) in [6.07, 6.45) is 8.71. The van der Waals surface area contributed by atoms with Gasteiger partial charge in [-0.05, 0) is 76.8 Å². The van der Waals surface area contributed by atoms with Crippen molar-refractivity contribution < 1.29 is 9.53 Å². The topological polar surface area (TPSA) is 29.5 Å². The molecule has 19 heavy (non-hydrogen) atoms. The molecule has 108 valence electrons. The second kappa shape index (κ2) is 5.08. The van der Waals surface area contributed by atoms with Crippen molar-refractivity contribution in [3.8, 4) is 0 Å². The minimum Gasteiger partial charge on any atom is -0.464 e. The summed E-state index contributed by atoms with van der Waals surface area (Å²) in [6, 6.07) is 0. The van der Waals surface area contributed by atoms with E-state index in [0.717, 1.165) is 43.6 Å². The third-order valence-corrected chi connectivity index (χ3v) is 5.59. The van der Waals surface area contributed by atoms with Gasteiger partial charge in [-0.1, -0.05) is 0 Å². The first kappa shape index (κ1) is 13.4. The van der Waals surface area contributed by atoms with Gasteiger partial charge in [0.25, 0.3) is 0 Å². The lowest BCUT2D eigenvalue weighted by atomic mass is 9.61. The molecule has 4 saturated carbocycles. The van der Waals surface area contributed by atoms with E-state index in [9.17, 15) is 4.79 Å². The number of nitrogens with zero attached hydrogens (tertiary/aromatic N) is 1. The zero-order valence-corrected chi connectivity index (χ0v) is 12.4. The van der Waals surface area contributed by atoms with Crippen LogP contribution in [0.4, 0.5) is 0 Å². The summed E-state index contributed by atoms with van der Waals surface area (Å²) < 4.78 is 5.61. The lowest BCUT2D eigenvalue weighted by Gasteiger charge is -2.43. The van der Waals surface area contributed by atoms with Crippen LogP contribution in [0.5, 0.6) is 0 Å². The highest BCUT2D eigenvalue weighted by Crippen LogP contribution is 2.57. The molecule has 4 aliphatic rings. The molecule has 4 fully saturated rings. The van der Waals surface area contributed by atoms with Gasteiger partial charge in [-0.25, -0.2) is 0 Å². The molecular formula is C16H27NO2. The van der Waals surface area contributed by atoms with Gasteiger partial charge < -0.3 is 9.64 Å². The molecule has 0 saturated heterocycles. The van der Waals surface area contributed by atoms with Gasteiger partial charge in [0.15, 0.2) is 0 Å². The standard InChI is InChI=1S/C16H27NO2/c1-17(2)5-6-19-15(18)16-4-3-12-7-13(10-16)9-14(8-12)11-16/h12-14H,3-11H2,1-2H3/t12?,13-,14+,16?. The maximum atomic E-state index is 12.6. The molecular weight excluding hydrogens is 238 g/mol. The summed E-state index contributed by atoms with van der Waals surface area (Å²) in [6.45, 7) is 1.38. The maximum Gasteiger partial charge on any atom is 0.312 e. The lowest BCUT2D eigenvalue weighted by molar-refractivity contribution is -0.161. The number of hydrogen-bond acceptors (Lipinski definition) is 3. The molecule has 0 amide bonds. The van der Waals surface area contributed by atoms with E-state index >= 15 is 0 Å². The fourth-order valence-electron chi connectivity index (χ4n) is 4.89. The SMILES string of the molecule is CN(C)CCOC(=O)C12CCC3C[C@H](C[C@H](C3)C1)C2. The molecule has 0 aromatic rings. The molecule has 3 nitrogen and oxygen atoms in total. The van der Waals surface area contributed by atoms with E-state index in [0.29, 0.717) is 6.61 Å². The van der Waals surface area contributed by atoms with E-state index in [-0.39, 0.29) is 11.4 Å². The molecule has 0 aromatic heterocycles. The zero-order chi connectivity index (χ0) is 13.5. The van der Waals surface area contributed by atoms with Crippen LogP contribution in [-0.4, -0.2) is 38.1 Å². The predicted molar refractivity (Wildman–Crippen MR) is 74.7 cm³/mol. The number of fused-ring (bicyclic) bond motifs is 1. The molecule has 0 heterocycles. The largest absolute Gasteiger partial charge is 0.464 e. The van der Waals surface area contributed by atoms with Crippen molar-refractivity contribution in [1.82, 2.24) is 4.90 Å². The Morgan fingerprint density at radius 2 is 1.79 bits per heavy atom. The van der Waals surface area contributed by atoms with E-state index in [1.165, 1.54) is 25.7 Å². The normalized spacial score (nSPS) is 40.5. The molecule has 4 bridgehead atoms. The van der Waals surface area contributed by atoms with Gasteiger partial charge >= 0.3 is 5.97 Å². The van der Waals surface area contributed by atoms with E-state index in [1.807, 2.05) is 14.1 Å². The predicted octanol–water partition coefficient (Wildman–Crippen LogP) is 2.70. The van der Waals surface area contributed by atoms with Crippen molar-refractivity contribution in [3.05, 3.63) is 0 Å². The van der Waals surface area contributed by atoms with Crippen molar-refractivity contribution in [2.24, 2.45) is 23.2 Å². The molecule has 3 heteroatoms. The van der Waals surface area contributed by atoms with Crippen LogP contribution in [0.25, 0.3) is 0 Å². The number of ether oxygens (including phenoxy) is 1. The van der Waals surface area contributed by atoms with Crippen LogP contribution in [0.3, 0.4) is 0 Å². The van der Waals surface area contributed by atoms with Gasteiger partial charge in [0.1, 0.15) is 6.61 Å². The van der Waals surface area contributed by atoms with E-state index in [4.69, 9.17) is 4.74 Å². The van der Waals surface area contributed by atoms with Crippen LogP contribution in [0.2, 0.25) is 0 Å². The van der Waals surface area contributed by atoms with Crippen molar-refractivity contribution in [2.45, 2.75) is 44.9 Å². The maximum absolute atomic E-state index is 12.6. The Hall–Kier alpha value is -0.570. The molecule has 0 N–H and O–H groups in total. The smallest absolute Gasteiger partial charge is 0.312 e. The van der Waals surface area contributed by atoms with Crippen molar-refractivity contribution in [2.75, 3.05) is 27.2 Å². The molecule has 0 aliphatic heterocycles. The highest BCUT2D eigenvalue weighted by atomic mass is 16.5. The van der Waals surface area contributed by atoms with E-state index < -0.39 is 0 Å². The second-order valence-electron chi connectivity index (χ2n) is 7.47. The van der Waals surface area contributed by atoms with Gasteiger partial charge in [-0.15, -0.1) is 0 Å². The quantitative estimate of drug-likeness (QED) is 0.732. The molecule has 4 aliphatic carbocycles. The number of carbonyl (C=O) groups is 1. The highest BCUT2D eigenvalue weighted by molar-refractivity contribution is 5.77. The average Bonchev–Trinajstić information content (AvgIpc) is 2.54. The Kier molecular flexibility index (Phi) is 3.59. The minimum absolute atomic E-state index is 0.106. The fraction of sp³-hybridized carbons (Fsp3) is 0.938. The summed E-state index contributed by atoms with van der Waals surface area (Å²) in [7, 11) is 4.03. The monoisotopic (exact) mass is 265 g/mol. The number of carbonyl (C=O) groups excluding carboxylic acids is 1. The number of rotatable bonds is 4. The minimum atomic E-state index is -0.106. The molecule has 2 unspecified atom stereocenters. The number of likely N-dealkylation sites (N-methyl/N-ethyl adjacent to an activating group) is 1. The third kappa shape index (κ3) is 2.67. The first-order valence-corrected chi connectivity index (χ1v) is 7.89. The van der Waals surface area contributed by atoms with Crippen molar-refractivity contribution >= 4 is 5.97 Å². The zero-order valence-electron chi connectivity index (χ0n) is 12.4. The van der Waals surface area contributed by atoms with Gasteiger partial charge in [-0.3, -0.25) is 4.79 Å². The number of hydrogen-bond donors (Lipinski definition) is 0. The summed E-state index contributed by atoms with van der Waals surface area (Å²) in [5.41, 5.74) is -0.106. The molecule has 0 spiro atoms. The Morgan fingerprint density at radius 1 is 1.16 bits per heavy atom. The summed E-state index contributed by atoms with van der Waals surface area (Å²) >= 11 is 0. The lowest BCUT2D eigenvalue weighted by Crippen LogP contribution is -2.41. The first-order valence-electron chi connectivity index (χ1n) is 7.89. The summed E-state index contributed by atoms with van der Waals surface area (Å²) in [4.78, 5) is 14.7. The van der Waals surface area contributed by atoms with Crippen LogP contribution in [0, 0.1) is 23.2 Å². The highest BCUT2D eigenvalue weighted by Gasteiger charge is 2.52. The molecule has 0 radical (unpaired) electrons. The number of esters is 1. The summed E-state index contributed by atoms with van der Waals surface area (Å²) in [5.74, 6) is 2.64. The van der Waals surface area contributed by atoms with Crippen LogP contribution < -0.4 is 0 Å². The van der Waals surface area contributed by atoms with Gasteiger partial charge in [0.05, 0.1) is 5.41 Å². The average molecular weight is 265 g/mol. The molecule has 4 rings (SSSR count). The van der Waals surface area contributed by atoms with Crippen LogP contribution in [0.1, 0.15) is 44.9 Å². The first-order chi connectivity index (χ1) is 9.07. The van der Waals surface area contributed by atoms with Crippen LogP contribution in [0.15, 0.2) is 0 Å². The third-order valence-electron chi connectivity index (χ3n) is 5.59. The fourth-order valence-corrected chi connectivity index (χ4v) is 4.89. The van der Waals surface area contributed by atoms with Crippen LogP contribution in [-0.2, 0) is 9.53 Å². The van der Waals surface area contributed by atoms with Gasteiger partial charge in [-0.2, -0.15) is 0 Å². The Balaban J connectivity index is 1.66. The van der Waals surface area contributed by atoms with E-state index in [1.54, 1.807) is 0 Å². The van der Waals surface area contributed by atoms with E-state index in [2.05, 4.69) is 4.90 Å². The summed E-state index contributed by atoms with van der Waals surface area (Å²) in [5, 5.41) is 0. The Morgan fingerprint density at radius 3 is 2.42 bits per heavy atom. The Bertz CT molecular complexity index is 339. The molecule has 0 aromatic carbocycles. The van der Waals surface area contributed by atoms with Crippen LogP contribution >= 0.6 is 0 Å². The molecule has 4 atom stereocenters.